The van der Waals surface area contributed by atoms with Gasteiger partial charge in [-0.3, -0.25) is 0 Å². The molecule has 7 aromatic rings. The molecule has 16 unspecified atom stereocenters. The highest BCUT2D eigenvalue weighted by atomic mass is 16.3. The Morgan fingerprint density at radius 1 is 0.220 bits per heavy atom. The van der Waals surface area contributed by atoms with Gasteiger partial charge in [-0.25, -0.2) is 9.97 Å². The molecule has 0 saturated heterocycles. The summed E-state index contributed by atoms with van der Waals surface area (Å²) in [5, 5.41) is 56.1. The number of nitrogens with zero attached hydrogens (tertiary/aromatic N) is 2. The lowest BCUT2D eigenvalue weighted by Crippen LogP contribution is -2.32. The topological polar surface area (TPSA) is 138 Å². The monoisotopic (exact) mass is 1770 g/mol. The maximum Gasteiger partial charge on any atom is 0.122 e. The van der Waals surface area contributed by atoms with Crippen molar-refractivity contribution in [2.24, 2.45) is 134 Å². The Balaban J connectivity index is 0.820. The number of phenols is 4. The maximum atomic E-state index is 14.0. The first kappa shape index (κ1) is 86.3. The van der Waals surface area contributed by atoms with Gasteiger partial charge >= 0.3 is 0 Å². The van der Waals surface area contributed by atoms with Crippen LogP contribution in [0.5, 0.6) is 23.0 Å². The van der Waals surface area contributed by atoms with Crippen LogP contribution >= 0.6 is 0 Å². The van der Waals surface area contributed by atoms with Crippen molar-refractivity contribution in [1.29, 1.82) is 0 Å². The van der Waals surface area contributed by atoms with Crippen LogP contribution in [-0.2, 0) is 0 Å². The van der Waals surface area contributed by atoms with E-state index in [0.717, 1.165) is 237 Å². The second-order valence-electron chi connectivity index (χ2n) is 55.8. The zero-order valence-electron chi connectivity index (χ0n) is 85.1. The first-order valence-electron chi connectivity index (χ1n) is 53.6. The van der Waals surface area contributed by atoms with Crippen molar-refractivity contribution in [3.05, 3.63) is 140 Å². The molecule has 16 aliphatic carbocycles. The fourth-order valence-corrected chi connectivity index (χ4v) is 39.2. The van der Waals surface area contributed by atoms with Crippen LogP contribution in [0.15, 0.2) is 72.8 Å². The van der Waals surface area contributed by atoms with E-state index in [-0.39, 0.29) is 134 Å². The molecule has 4 aromatic carbocycles. The van der Waals surface area contributed by atoms with E-state index in [1.165, 1.54) is 51.4 Å². The molecule has 18 aliphatic rings. The third-order valence-corrected chi connectivity index (χ3v) is 51.9. The number of phenolic OH excluding ortho intramolecular Hbond substituents is 4. The van der Waals surface area contributed by atoms with Gasteiger partial charge in [0.15, 0.2) is 0 Å². The van der Waals surface area contributed by atoms with Gasteiger partial charge in [-0.2, -0.15) is 0 Å². The molecular weight excluding hydrogens is 1610 g/mol. The molecule has 6 N–H and O–H groups in total. The van der Waals surface area contributed by atoms with Crippen LogP contribution in [0, 0.1) is 134 Å². The van der Waals surface area contributed by atoms with E-state index in [9.17, 15) is 20.4 Å². The lowest BCUT2D eigenvalue weighted by molar-refractivity contribution is 0.130. The Morgan fingerprint density at radius 2 is 0.356 bits per heavy atom. The first-order chi connectivity index (χ1) is 62.0. The number of H-pyrrole nitrogens is 2. The standard InChI is InChI=1S/C124H158N4O4/c1-109(2)69-33-41-117(109,17)85(57-69)77-49-65(50-78(105(77)129)86-58-70-34-42-118(86,18)110(70,3)4)101-93-25-27-95(125-93)102(66-51-79(87-59-71-35-43-119(87,19)111(71,5)6)106(130)80(52-66)88-60-72-36-44-120(88,20)112(72,7)8)97-29-31-99(127-97)104(68-55-83(91-63-75-39-47-123(91,23)115(75,13)14)108(132)84(56-68)92-64-76-40-48-124(92,24)116(76,15)16)100-32-30-98(128-100)103(96-28-26-94(101)126-96)67-53-81(89-61-73-37-45-121(89,21)113(73,9)10)107(131)82(54-67)90-62-74-38-46-122(90,22)114(74,11)12/h25-32,49-56,69-76,85-92,125,128-132H,33-48,57-64H2,1-24H3/t69-,70+,71-,72+,73-,74+,75-,76+,85?,86?,87?,88?,89?,90?,91?,92?,117?,118?,119?,120?,121?,122?,123?,124?. The van der Waals surface area contributed by atoms with E-state index in [0.29, 0.717) is 70.3 Å². The van der Waals surface area contributed by atoms with E-state index in [1.807, 2.05) is 0 Å². The van der Waals surface area contributed by atoms with E-state index in [2.05, 4.69) is 273 Å². The minimum Gasteiger partial charge on any atom is -0.507 e. The van der Waals surface area contributed by atoms with Crippen LogP contribution in [0.3, 0.4) is 0 Å². The number of fused-ring (bicyclic) bond motifs is 24. The Labute approximate surface area is 790 Å². The Morgan fingerprint density at radius 3 is 0.470 bits per heavy atom. The fourth-order valence-electron chi connectivity index (χ4n) is 39.2. The lowest BCUT2D eigenvalue weighted by atomic mass is 9.62. The van der Waals surface area contributed by atoms with Crippen LogP contribution in [0.4, 0.5) is 0 Å². The normalized spacial score (nSPS) is 40.8. The minimum absolute atomic E-state index is 0.0234. The molecular formula is C124H158N4O4. The molecule has 16 saturated carbocycles. The second-order valence-corrected chi connectivity index (χ2v) is 55.8. The third kappa shape index (κ3) is 10.3. The van der Waals surface area contributed by atoms with Gasteiger partial charge in [0.05, 0.1) is 22.8 Å². The van der Waals surface area contributed by atoms with E-state index >= 15 is 0 Å². The summed E-state index contributed by atoms with van der Waals surface area (Å²) >= 11 is 0. The predicted molar refractivity (Wildman–Crippen MR) is 543 cm³/mol. The van der Waals surface area contributed by atoms with Crippen LogP contribution in [0.2, 0.25) is 0 Å². The van der Waals surface area contributed by atoms with Gasteiger partial charge in [-0.1, -0.05) is 166 Å². The average Bonchev–Trinajstić information content (AvgIpc) is 1.53. The summed E-state index contributed by atoms with van der Waals surface area (Å²) in [5.74, 6) is 7.92. The molecule has 0 radical (unpaired) electrons. The fraction of sp³-hybridized carbons (Fsp3) is 0.645. The molecule has 3 aromatic heterocycles. The summed E-state index contributed by atoms with van der Waals surface area (Å²) in [7, 11) is 0. The van der Waals surface area contributed by atoms with E-state index < -0.39 is 0 Å². The van der Waals surface area contributed by atoms with Crippen molar-refractivity contribution in [1.82, 2.24) is 19.9 Å². The number of aromatic hydroxyl groups is 4. The SMILES string of the molecule is CC12CC[C@H](CC1c1cc(-c3c4nc(c(-c5cc(C6C[C@H]7CCC6(C)C7(C)C)c(O)c(C6C[C@@H]7CCC6(C)C7(C)C)c5)c5ccc([nH]5)c(-c5cc(C6C[C@H]7CCC6(C)C7(C)C)c(O)c(C6C[C@@H]7CCC6(C)C7(C)C)c5)c5nc(c(-c6cc(C7C[C@H]8CCC7(C)C8(C)C)c(O)c(C7C[C@@H]8CCC7(C)C8(C)C)c6)c6ccc3[nH]6)C=C5)C=C4)cc(C3C[C@@H]4CCC3(C)C4(C)C)c1O)C2(C)C. The molecule has 25 rings (SSSR count). The van der Waals surface area contributed by atoms with Gasteiger partial charge in [0, 0.05) is 44.3 Å². The largest absolute Gasteiger partial charge is 0.507 e. The molecule has 5 heterocycles. The van der Waals surface area contributed by atoms with E-state index in [1.54, 1.807) is 0 Å². The minimum atomic E-state index is -0.0234. The number of aromatic amines is 2. The molecule has 698 valence electrons. The van der Waals surface area contributed by atoms with Crippen LogP contribution in [-0.4, -0.2) is 40.4 Å². The van der Waals surface area contributed by atoms with Gasteiger partial charge in [-0.15, -0.1) is 0 Å². The van der Waals surface area contributed by atoms with Crippen LogP contribution in [0.1, 0.15) is 435 Å². The van der Waals surface area contributed by atoms with Crippen molar-refractivity contribution < 1.29 is 20.4 Å². The van der Waals surface area contributed by atoms with Gasteiger partial charge in [-0.05, 0) is 499 Å². The first-order valence-corrected chi connectivity index (χ1v) is 53.6. The molecule has 16 fully saturated rings. The highest BCUT2D eigenvalue weighted by Gasteiger charge is 2.71. The smallest absolute Gasteiger partial charge is 0.122 e. The zero-order chi connectivity index (χ0) is 92.5. The van der Waals surface area contributed by atoms with Gasteiger partial charge in [0.2, 0.25) is 0 Å². The Bertz CT molecular complexity index is 5440. The number of hydrogen-bond acceptors (Lipinski definition) is 6. The summed E-state index contributed by atoms with van der Waals surface area (Å²) < 4.78 is 0. The Kier molecular flexibility index (Phi) is 17.4. The molecule has 2 aliphatic heterocycles. The average molecular weight is 1770 g/mol. The number of benzene rings is 4. The van der Waals surface area contributed by atoms with Gasteiger partial charge < -0.3 is 30.4 Å². The Hall–Kier alpha value is -7.32. The molecule has 0 spiro atoms. The van der Waals surface area contributed by atoms with Crippen molar-refractivity contribution in [2.75, 3.05) is 0 Å². The predicted octanol–water partition coefficient (Wildman–Crippen LogP) is 33.6. The molecule has 24 bridgehead atoms. The summed E-state index contributed by atoms with van der Waals surface area (Å²) in [6.45, 7) is 61.4. The van der Waals surface area contributed by atoms with Crippen molar-refractivity contribution in [3.8, 4) is 67.5 Å². The summed E-state index contributed by atoms with van der Waals surface area (Å²) in [4.78, 5) is 21.7. The zero-order valence-corrected chi connectivity index (χ0v) is 85.1. The van der Waals surface area contributed by atoms with Crippen molar-refractivity contribution in [3.63, 3.8) is 0 Å². The van der Waals surface area contributed by atoms with Crippen molar-refractivity contribution >= 4 is 46.4 Å². The van der Waals surface area contributed by atoms with Crippen LogP contribution in [0.25, 0.3) is 90.9 Å². The number of rotatable bonds is 12. The molecule has 24 atom stereocenters. The van der Waals surface area contributed by atoms with E-state index in [4.69, 9.17) is 9.97 Å². The van der Waals surface area contributed by atoms with Crippen molar-refractivity contribution in [2.45, 2.75) is 368 Å². The maximum absolute atomic E-state index is 14.0. The highest BCUT2D eigenvalue weighted by molar-refractivity contribution is 6.01. The highest BCUT2D eigenvalue weighted by Crippen LogP contribution is 2.82. The summed E-state index contributed by atoms with van der Waals surface area (Å²) in [6.07, 6.45) is 36.9. The van der Waals surface area contributed by atoms with Gasteiger partial charge in [0.25, 0.3) is 0 Å². The summed E-state index contributed by atoms with van der Waals surface area (Å²) in [5.41, 5.74) is 25.5. The van der Waals surface area contributed by atoms with Gasteiger partial charge in [0.1, 0.15) is 23.0 Å². The number of aromatic nitrogens is 4. The molecule has 8 nitrogen and oxygen atoms in total. The quantitative estimate of drug-likeness (QED) is 0.0721. The lowest BCUT2D eigenvalue weighted by Gasteiger charge is -2.42. The summed E-state index contributed by atoms with van der Waals surface area (Å²) in [6, 6.07) is 29.5. The molecule has 0 amide bonds. The third-order valence-electron chi connectivity index (χ3n) is 51.9. The molecule has 8 heteroatoms. The number of nitrogens with one attached hydrogen (secondary N) is 2. The number of hydrogen-bond donors (Lipinski definition) is 6. The second kappa shape index (κ2) is 26.6. The molecule has 132 heavy (non-hydrogen) atoms. The van der Waals surface area contributed by atoms with Crippen LogP contribution < -0.4 is 0 Å².